The number of carbonyl (C=O) groups excluding carboxylic acids is 2. The standard InChI is InChI=1S/C19H22N2O5/c1-4-26-15-8-6-14(7-9-15)21-19(23)18(22)20-12-13-5-10-16(24-2)17(11-13)25-3/h5-11H,4,12H2,1-3H3,(H,20,22)(H,21,23). The zero-order chi connectivity index (χ0) is 18.9. The van der Waals surface area contributed by atoms with Crippen molar-refractivity contribution in [2.24, 2.45) is 0 Å². The summed E-state index contributed by atoms with van der Waals surface area (Å²) in [7, 11) is 3.08. The lowest BCUT2D eigenvalue weighted by atomic mass is 10.2. The Morgan fingerprint density at radius 1 is 0.923 bits per heavy atom. The summed E-state index contributed by atoms with van der Waals surface area (Å²) in [5.74, 6) is 0.376. The van der Waals surface area contributed by atoms with Crippen LogP contribution < -0.4 is 24.8 Å². The first-order valence-electron chi connectivity index (χ1n) is 8.10. The number of benzene rings is 2. The van der Waals surface area contributed by atoms with Gasteiger partial charge in [0, 0.05) is 12.2 Å². The second-order valence-corrected chi connectivity index (χ2v) is 5.28. The molecule has 0 radical (unpaired) electrons. The third kappa shape index (κ3) is 5.14. The van der Waals surface area contributed by atoms with E-state index in [4.69, 9.17) is 14.2 Å². The Morgan fingerprint density at radius 2 is 1.62 bits per heavy atom. The topological polar surface area (TPSA) is 85.9 Å². The van der Waals surface area contributed by atoms with Crippen molar-refractivity contribution in [1.82, 2.24) is 5.32 Å². The molecule has 0 saturated carbocycles. The van der Waals surface area contributed by atoms with E-state index in [0.717, 1.165) is 5.56 Å². The highest BCUT2D eigenvalue weighted by Gasteiger charge is 2.14. The number of carbonyl (C=O) groups is 2. The molecule has 2 N–H and O–H groups in total. The molecule has 0 fully saturated rings. The maximum absolute atomic E-state index is 12.0. The van der Waals surface area contributed by atoms with Gasteiger partial charge in [-0.1, -0.05) is 6.07 Å². The highest BCUT2D eigenvalue weighted by molar-refractivity contribution is 6.39. The van der Waals surface area contributed by atoms with Gasteiger partial charge >= 0.3 is 11.8 Å². The van der Waals surface area contributed by atoms with Crippen molar-refractivity contribution in [2.45, 2.75) is 13.5 Å². The number of hydrogen-bond donors (Lipinski definition) is 2. The molecule has 138 valence electrons. The molecule has 2 amide bonds. The fourth-order valence-electron chi connectivity index (χ4n) is 2.24. The van der Waals surface area contributed by atoms with Gasteiger partial charge in [-0.05, 0) is 48.9 Å². The Hall–Kier alpha value is -3.22. The Morgan fingerprint density at radius 3 is 2.23 bits per heavy atom. The number of methoxy groups -OCH3 is 2. The van der Waals surface area contributed by atoms with E-state index in [2.05, 4.69) is 10.6 Å². The van der Waals surface area contributed by atoms with Crippen LogP contribution in [0.15, 0.2) is 42.5 Å². The van der Waals surface area contributed by atoms with Gasteiger partial charge in [-0.3, -0.25) is 9.59 Å². The van der Waals surface area contributed by atoms with Gasteiger partial charge in [-0.2, -0.15) is 0 Å². The molecule has 0 aromatic heterocycles. The van der Waals surface area contributed by atoms with Crippen LogP contribution in [0.5, 0.6) is 17.2 Å². The number of ether oxygens (including phenoxy) is 3. The molecule has 0 unspecified atom stereocenters. The van der Waals surface area contributed by atoms with Gasteiger partial charge in [-0.25, -0.2) is 0 Å². The summed E-state index contributed by atoms with van der Waals surface area (Å²) in [6.07, 6.45) is 0. The summed E-state index contributed by atoms with van der Waals surface area (Å²) < 4.78 is 15.7. The SMILES string of the molecule is CCOc1ccc(NC(=O)C(=O)NCc2ccc(OC)c(OC)c2)cc1. The van der Waals surface area contributed by atoms with Gasteiger partial charge < -0.3 is 24.8 Å². The fraction of sp³-hybridized carbons (Fsp3) is 0.263. The smallest absolute Gasteiger partial charge is 0.313 e. The minimum atomic E-state index is -0.741. The first-order chi connectivity index (χ1) is 12.6. The molecule has 2 aromatic carbocycles. The minimum Gasteiger partial charge on any atom is -0.494 e. The third-order valence-electron chi connectivity index (χ3n) is 3.53. The van der Waals surface area contributed by atoms with Gasteiger partial charge in [-0.15, -0.1) is 0 Å². The van der Waals surface area contributed by atoms with Crippen LogP contribution in [-0.2, 0) is 16.1 Å². The van der Waals surface area contributed by atoms with Gasteiger partial charge in [0.05, 0.1) is 20.8 Å². The monoisotopic (exact) mass is 358 g/mol. The van der Waals surface area contributed by atoms with Crippen LogP contribution in [0.4, 0.5) is 5.69 Å². The van der Waals surface area contributed by atoms with E-state index in [9.17, 15) is 9.59 Å². The predicted octanol–water partition coefficient (Wildman–Crippen LogP) is 2.36. The molecule has 0 bridgehead atoms. The fourth-order valence-corrected chi connectivity index (χ4v) is 2.24. The zero-order valence-electron chi connectivity index (χ0n) is 15.0. The number of nitrogens with one attached hydrogen (secondary N) is 2. The highest BCUT2D eigenvalue weighted by atomic mass is 16.5. The van der Waals surface area contributed by atoms with E-state index in [1.807, 2.05) is 6.92 Å². The minimum absolute atomic E-state index is 0.190. The predicted molar refractivity (Wildman–Crippen MR) is 97.6 cm³/mol. The molecule has 0 aliphatic rings. The summed E-state index contributed by atoms with van der Waals surface area (Å²) >= 11 is 0. The van der Waals surface area contributed by atoms with Crippen molar-refractivity contribution in [3.8, 4) is 17.2 Å². The van der Waals surface area contributed by atoms with E-state index < -0.39 is 11.8 Å². The maximum Gasteiger partial charge on any atom is 0.313 e. The molecule has 0 aliphatic heterocycles. The van der Waals surface area contributed by atoms with Gasteiger partial charge in [0.1, 0.15) is 5.75 Å². The average Bonchev–Trinajstić information content (AvgIpc) is 2.67. The van der Waals surface area contributed by atoms with Crippen LogP contribution >= 0.6 is 0 Å². The molecular weight excluding hydrogens is 336 g/mol. The van der Waals surface area contributed by atoms with E-state index >= 15 is 0 Å². The molecular formula is C19H22N2O5. The average molecular weight is 358 g/mol. The number of amides is 2. The number of hydrogen-bond acceptors (Lipinski definition) is 5. The summed E-state index contributed by atoms with van der Waals surface area (Å²) in [5.41, 5.74) is 1.30. The zero-order valence-corrected chi connectivity index (χ0v) is 15.0. The van der Waals surface area contributed by atoms with Crippen LogP contribution in [-0.4, -0.2) is 32.6 Å². The van der Waals surface area contributed by atoms with Crippen LogP contribution in [0.2, 0.25) is 0 Å². The largest absolute Gasteiger partial charge is 0.494 e. The first-order valence-corrected chi connectivity index (χ1v) is 8.10. The summed E-state index contributed by atoms with van der Waals surface area (Å²) in [5, 5.41) is 5.10. The molecule has 7 heteroatoms. The molecule has 26 heavy (non-hydrogen) atoms. The van der Waals surface area contributed by atoms with Crippen molar-refractivity contribution >= 4 is 17.5 Å². The van der Waals surface area contributed by atoms with E-state index in [-0.39, 0.29) is 6.54 Å². The maximum atomic E-state index is 12.0. The lowest BCUT2D eigenvalue weighted by molar-refractivity contribution is -0.136. The molecule has 0 saturated heterocycles. The van der Waals surface area contributed by atoms with Crippen molar-refractivity contribution in [1.29, 1.82) is 0 Å². The molecule has 7 nitrogen and oxygen atoms in total. The Balaban J connectivity index is 1.89. The number of rotatable bonds is 7. The Labute approximate surface area is 152 Å². The molecule has 2 rings (SSSR count). The van der Waals surface area contributed by atoms with E-state index in [1.165, 1.54) is 7.11 Å². The molecule has 0 spiro atoms. The normalized spacial score (nSPS) is 9.96. The van der Waals surface area contributed by atoms with E-state index in [0.29, 0.717) is 29.5 Å². The summed E-state index contributed by atoms with van der Waals surface area (Å²) in [6.45, 7) is 2.64. The number of anilines is 1. The van der Waals surface area contributed by atoms with Crippen LogP contribution in [0.25, 0.3) is 0 Å². The van der Waals surface area contributed by atoms with Crippen LogP contribution in [0, 0.1) is 0 Å². The Bertz CT molecular complexity index is 759. The second-order valence-electron chi connectivity index (χ2n) is 5.28. The quantitative estimate of drug-likeness (QED) is 0.742. The summed E-state index contributed by atoms with van der Waals surface area (Å²) in [6, 6.07) is 12.0. The van der Waals surface area contributed by atoms with Crippen molar-refractivity contribution < 1.29 is 23.8 Å². The lowest BCUT2D eigenvalue weighted by Crippen LogP contribution is -2.34. The third-order valence-corrected chi connectivity index (χ3v) is 3.53. The highest BCUT2D eigenvalue weighted by Crippen LogP contribution is 2.27. The molecule has 0 aliphatic carbocycles. The van der Waals surface area contributed by atoms with Gasteiger partial charge in [0.15, 0.2) is 11.5 Å². The van der Waals surface area contributed by atoms with Crippen molar-refractivity contribution in [3.63, 3.8) is 0 Å². The first kappa shape index (κ1) is 19.1. The summed E-state index contributed by atoms with van der Waals surface area (Å²) in [4.78, 5) is 23.9. The van der Waals surface area contributed by atoms with Gasteiger partial charge in [0.25, 0.3) is 0 Å². The van der Waals surface area contributed by atoms with E-state index in [1.54, 1.807) is 49.6 Å². The molecule has 0 heterocycles. The van der Waals surface area contributed by atoms with Crippen LogP contribution in [0.1, 0.15) is 12.5 Å². The van der Waals surface area contributed by atoms with Crippen LogP contribution in [0.3, 0.4) is 0 Å². The molecule has 0 atom stereocenters. The lowest BCUT2D eigenvalue weighted by Gasteiger charge is -2.10. The molecule has 2 aromatic rings. The Kier molecular flexibility index (Phi) is 6.84. The second kappa shape index (κ2) is 9.31. The van der Waals surface area contributed by atoms with Crippen molar-refractivity contribution in [3.05, 3.63) is 48.0 Å². The van der Waals surface area contributed by atoms with Gasteiger partial charge in [0.2, 0.25) is 0 Å². The van der Waals surface area contributed by atoms with Crippen molar-refractivity contribution in [2.75, 3.05) is 26.1 Å².